The molecule has 1 fully saturated rings. The summed E-state index contributed by atoms with van der Waals surface area (Å²) in [5.74, 6) is -0.367. The second-order valence-corrected chi connectivity index (χ2v) is 7.25. The molecule has 3 rings (SSSR count). The number of benzene rings is 1. The fraction of sp³-hybridized carbons (Fsp3) is 0.381. The summed E-state index contributed by atoms with van der Waals surface area (Å²) in [6.45, 7) is 2.98. The van der Waals surface area contributed by atoms with Crippen LogP contribution in [0.15, 0.2) is 40.1 Å². The highest BCUT2D eigenvalue weighted by Gasteiger charge is 2.20. The molecule has 0 spiro atoms. The van der Waals surface area contributed by atoms with Crippen LogP contribution in [0.1, 0.15) is 11.1 Å². The van der Waals surface area contributed by atoms with E-state index in [1.807, 2.05) is 6.07 Å². The highest BCUT2D eigenvalue weighted by atomic mass is 19.1. The molecule has 2 heterocycles. The Morgan fingerprint density at radius 1 is 1.17 bits per heavy atom. The standard InChI is InChI=1S/C21H25FN4O4/c1-23-14-16(20(28)24(2)21(23)29)5-7-19(27)26-10-8-25(9-11-26)13-15-4-6-18(30-3)17(22)12-15/h4-7,12,14H,8-11,13H2,1-3H3/b7-5+. The van der Waals surface area contributed by atoms with Crippen molar-refractivity contribution in [2.45, 2.75) is 6.54 Å². The van der Waals surface area contributed by atoms with Gasteiger partial charge in [0, 0.05) is 59.1 Å². The molecule has 1 aliphatic heterocycles. The first-order valence-electron chi connectivity index (χ1n) is 9.58. The number of halogens is 1. The summed E-state index contributed by atoms with van der Waals surface area (Å²) in [5, 5.41) is 0. The zero-order chi connectivity index (χ0) is 21.8. The van der Waals surface area contributed by atoms with Crippen LogP contribution in [0, 0.1) is 5.82 Å². The Balaban J connectivity index is 1.58. The number of aromatic nitrogens is 2. The highest BCUT2D eigenvalue weighted by molar-refractivity contribution is 5.91. The first-order valence-corrected chi connectivity index (χ1v) is 9.58. The summed E-state index contributed by atoms with van der Waals surface area (Å²) >= 11 is 0. The summed E-state index contributed by atoms with van der Waals surface area (Å²) in [7, 11) is 4.38. The Labute approximate surface area is 173 Å². The van der Waals surface area contributed by atoms with Crippen LogP contribution in [-0.2, 0) is 25.4 Å². The van der Waals surface area contributed by atoms with E-state index in [9.17, 15) is 18.8 Å². The second-order valence-electron chi connectivity index (χ2n) is 7.25. The molecule has 1 aliphatic rings. The van der Waals surface area contributed by atoms with Crippen LogP contribution >= 0.6 is 0 Å². The van der Waals surface area contributed by atoms with E-state index < -0.39 is 17.1 Å². The van der Waals surface area contributed by atoms with Crippen molar-refractivity contribution in [3.05, 3.63) is 68.3 Å². The van der Waals surface area contributed by atoms with Gasteiger partial charge in [-0.3, -0.25) is 19.1 Å². The Bertz CT molecular complexity index is 1080. The van der Waals surface area contributed by atoms with E-state index in [1.54, 1.807) is 18.0 Å². The minimum absolute atomic E-state index is 0.193. The molecule has 0 bridgehead atoms. The molecule has 8 nitrogen and oxygen atoms in total. The minimum atomic E-state index is -0.446. The Morgan fingerprint density at radius 3 is 2.50 bits per heavy atom. The lowest BCUT2D eigenvalue weighted by molar-refractivity contribution is -0.127. The molecule has 2 aromatic rings. The lowest BCUT2D eigenvalue weighted by Crippen LogP contribution is -2.47. The van der Waals surface area contributed by atoms with Crippen molar-refractivity contribution in [3.8, 4) is 5.75 Å². The molecule has 0 unspecified atom stereocenters. The third-order valence-corrected chi connectivity index (χ3v) is 5.18. The van der Waals surface area contributed by atoms with Gasteiger partial charge in [0.25, 0.3) is 5.56 Å². The number of rotatable bonds is 5. The van der Waals surface area contributed by atoms with Crippen molar-refractivity contribution in [1.82, 2.24) is 18.9 Å². The average molecular weight is 416 g/mol. The van der Waals surface area contributed by atoms with Gasteiger partial charge in [-0.05, 0) is 23.8 Å². The van der Waals surface area contributed by atoms with Gasteiger partial charge in [-0.1, -0.05) is 6.07 Å². The summed E-state index contributed by atoms with van der Waals surface area (Å²) < 4.78 is 21.1. The topological polar surface area (TPSA) is 76.8 Å². The molecule has 30 heavy (non-hydrogen) atoms. The van der Waals surface area contributed by atoms with Crippen LogP contribution < -0.4 is 16.0 Å². The van der Waals surface area contributed by atoms with Gasteiger partial charge in [0.05, 0.1) is 12.7 Å². The van der Waals surface area contributed by atoms with E-state index in [1.165, 1.54) is 43.1 Å². The SMILES string of the molecule is COc1ccc(CN2CCN(C(=O)/C=C/c3cn(C)c(=O)n(C)c3=O)CC2)cc1F. The molecule has 0 saturated carbocycles. The van der Waals surface area contributed by atoms with Gasteiger partial charge in [-0.2, -0.15) is 0 Å². The predicted molar refractivity (Wildman–Crippen MR) is 111 cm³/mol. The number of methoxy groups -OCH3 is 1. The fourth-order valence-corrected chi connectivity index (χ4v) is 3.41. The summed E-state index contributed by atoms with van der Waals surface area (Å²) in [6, 6.07) is 4.90. The number of hydrogen-bond donors (Lipinski definition) is 0. The molecule has 160 valence electrons. The summed E-state index contributed by atoms with van der Waals surface area (Å²) in [5.41, 5.74) is 0.252. The molecule has 0 atom stereocenters. The number of ether oxygens (including phenoxy) is 1. The fourth-order valence-electron chi connectivity index (χ4n) is 3.41. The largest absolute Gasteiger partial charge is 0.494 e. The molecule has 0 aliphatic carbocycles. The van der Waals surface area contributed by atoms with E-state index in [0.29, 0.717) is 32.7 Å². The smallest absolute Gasteiger partial charge is 0.330 e. The van der Waals surface area contributed by atoms with Crippen LogP contribution in [0.2, 0.25) is 0 Å². The van der Waals surface area contributed by atoms with E-state index in [-0.39, 0.29) is 17.2 Å². The molecule has 9 heteroatoms. The Hall–Kier alpha value is -3.20. The number of piperazine rings is 1. The maximum absolute atomic E-state index is 13.9. The lowest BCUT2D eigenvalue weighted by Gasteiger charge is -2.34. The highest BCUT2D eigenvalue weighted by Crippen LogP contribution is 2.19. The first kappa shape index (κ1) is 21.5. The second kappa shape index (κ2) is 9.08. The normalized spacial score (nSPS) is 15.0. The zero-order valence-corrected chi connectivity index (χ0v) is 17.3. The first-order chi connectivity index (χ1) is 14.3. The quantitative estimate of drug-likeness (QED) is 0.667. The molecule has 1 saturated heterocycles. The number of carbonyl (C=O) groups excluding carboxylic acids is 1. The summed E-state index contributed by atoms with van der Waals surface area (Å²) in [6.07, 6.45) is 4.21. The summed E-state index contributed by atoms with van der Waals surface area (Å²) in [4.78, 5) is 40.2. The van der Waals surface area contributed by atoms with Crippen molar-refractivity contribution in [1.29, 1.82) is 0 Å². The third-order valence-electron chi connectivity index (χ3n) is 5.18. The van der Waals surface area contributed by atoms with Crippen molar-refractivity contribution in [2.24, 2.45) is 14.1 Å². The van der Waals surface area contributed by atoms with Gasteiger partial charge in [0.1, 0.15) is 0 Å². The van der Waals surface area contributed by atoms with E-state index in [4.69, 9.17) is 4.74 Å². The zero-order valence-electron chi connectivity index (χ0n) is 17.3. The predicted octanol–water partition coefficient (Wildman–Crippen LogP) is 0.589. The molecular formula is C21H25FN4O4. The third kappa shape index (κ3) is 4.68. The van der Waals surface area contributed by atoms with E-state index >= 15 is 0 Å². The molecule has 0 N–H and O–H groups in total. The van der Waals surface area contributed by atoms with Crippen molar-refractivity contribution in [3.63, 3.8) is 0 Å². The van der Waals surface area contributed by atoms with E-state index in [0.717, 1.165) is 10.1 Å². The van der Waals surface area contributed by atoms with Crippen molar-refractivity contribution in [2.75, 3.05) is 33.3 Å². The molecule has 1 aromatic heterocycles. The number of carbonyl (C=O) groups is 1. The van der Waals surface area contributed by atoms with Gasteiger partial charge in [-0.25, -0.2) is 9.18 Å². The van der Waals surface area contributed by atoms with Crippen molar-refractivity contribution < 1.29 is 13.9 Å². The van der Waals surface area contributed by atoms with Gasteiger partial charge in [-0.15, -0.1) is 0 Å². The van der Waals surface area contributed by atoms with Gasteiger partial charge >= 0.3 is 5.69 Å². The van der Waals surface area contributed by atoms with Crippen LogP contribution in [0.5, 0.6) is 5.75 Å². The van der Waals surface area contributed by atoms with Crippen LogP contribution in [0.4, 0.5) is 4.39 Å². The van der Waals surface area contributed by atoms with Crippen LogP contribution in [0.3, 0.4) is 0 Å². The Kier molecular flexibility index (Phi) is 6.51. The van der Waals surface area contributed by atoms with Crippen LogP contribution in [0.25, 0.3) is 6.08 Å². The number of aryl methyl sites for hydroxylation is 1. The van der Waals surface area contributed by atoms with E-state index in [2.05, 4.69) is 4.90 Å². The monoisotopic (exact) mass is 416 g/mol. The molecule has 0 radical (unpaired) electrons. The average Bonchev–Trinajstić information content (AvgIpc) is 2.74. The maximum atomic E-state index is 13.9. The van der Waals surface area contributed by atoms with Crippen molar-refractivity contribution >= 4 is 12.0 Å². The maximum Gasteiger partial charge on any atom is 0.330 e. The van der Waals surface area contributed by atoms with Gasteiger partial charge in [0.15, 0.2) is 11.6 Å². The molecule has 1 aromatic carbocycles. The Morgan fingerprint density at radius 2 is 1.87 bits per heavy atom. The van der Waals surface area contributed by atoms with Gasteiger partial charge in [0.2, 0.25) is 5.91 Å². The lowest BCUT2D eigenvalue weighted by atomic mass is 10.1. The number of hydrogen-bond acceptors (Lipinski definition) is 5. The van der Waals surface area contributed by atoms with Gasteiger partial charge < -0.3 is 14.2 Å². The number of nitrogens with zero attached hydrogens (tertiary/aromatic N) is 4. The number of amides is 1. The van der Waals surface area contributed by atoms with Crippen LogP contribution in [-0.4, -0.2) is 58.1 Å². The minimum Gasteiger partial charge on any atom is -0.494 e. The molecule has 1 amide bonds. The molecular weight excluding hydrogens is 391 g/mol.